The molecule has 2 aromatic rings. The summed E-state index contributed by atoms with van der Waals surface area (Å²) < 4.78 is 25.7. The number of sulfonamides is 1. The Labute approximate surface area is 272 Å². The highest BCUT2D eigenvalue weighted by molar-refractivity contribution is 7.92. The molecule has 250 valence electrons. The van der Waals surface area contributed by atoms with Gasteiger partial charge in [0.1, 0.15) is 6.04 Å². The number of likely N-dealkylation sites (N-methyl/N-ethyl adjacent to an activating group) is 1. The first-order valence-electron chi connectivity index (χ1n) is 15.1. The van der Waals surface area contributed by atoms with E-state index in [9.17, 15) is 27.6 Å². The maximum Gasteiger partial charge on any atom is 0.251 e. The van der Waals surface area contributed by atoms with Crippen LogP contribution in [0.4, 0.5) is 5.69 Å². The van der Waals surface area contributed by atoms with Gasteiger partial charge in [-0.15, -0.1) is 12.3 Å². The van der Waals surface area contributed by atoms with Crippen LogP contribution < -0.4 is 30.9 Å². The summed E-state index contributed by atoms with van der Waals surface area (Å²) in [6.45, 7) is 9.45. The molecule has 5 N–H and O–H groups in total. The molecule has 0 saturated heterocycles. The molecule has 0 bridgehead atoms. The fraction of sp³-hybridized carbons (Fsp3) is 0.455. The van der Waals surface area contributed by atoms with E-state index in [-0.39, 0.29) is 47.6 Å². The molecule has 46 heavy (non-hydrogen) atoms. The molecule has 0 saturated carbocycles. The SMILES string of the molecule is C#CC[C@@H](CN[C@@H](C)C(=O)N[C@H](C(=O)NCC)C(C)C)NC(=O)c1cc(C(=O)N[C@H](C)c2ccccc2)cc(N(C)S(C)(=O)=O)c1. The molecule has 0 radical (unpaired) electrons. The fourth-order valence-electron chi connectivity index (χ4n) is 4.45. The third kappa shape index (κ3) is 11.2. The Bertz CT molecular complexity index is 1520. The van der Waals surface area contributed by atoms with E-state index in [1.807, 2.05) is 51.1 Å². The third-order valence-corrected chi connectivity index (χ3v) is 8.52. The van der Waals surface area contributed by atoms with E-state index >= 15 is 0 Å². The van der Waals surface area contributed by atoms with E-state index < -0.39 is 45.9 Å². The maximum atomic E-state index is 13.5. The van der Waals surface area contributed by atoms with Crippen molar-refractivity contribution >= 4 is 39.3 Å². The predicted octanol–water partition coefficient (Wildman–Crippen LogP) is 1.95. The number of benzene rings is 2. The monoisotopic (exact) mass is 654 g/mol. The van der Waals surface area contributed by atoms with Gasteiger partial charge in [-0.2, -0.15) is 0 Å². The number of terminal acetylenes is 1. The smallest absolute Gasteiger partial charge is 0.251 e. The second kappa shape index (κ2) is 17.3. The molecule has 13 heteroatoms. The van der Waals surface area contributed by atoms with Gasteiger partial charge >= 0.3 is 0 Å². The molecule has 4 amide bonds. The van der Waals surface area contributed by atoms with Gasteiger partial charge in [-0.3, -0.25) is 23.5 Å². The number of hydrogen-bond acceptors (Lipinski definition) is 7. The van der Waals surface area contributed by atoms with Crippen LogP contribution in [0.3, 0.4) is 0 Å². The second-order valence-electron chi connectivity index (χ2n) is 11.4. The van der Waals surface area contributed by atoms with Gasteiger partial charge in [-0.25, -0.2) is 8.42 Å². The number of hydrogen-bond donors (Lipinski definition) is 5. The third-order valence-electron chi connectivity index (χ3n) is 7.31. The van der Waals surface area contributed by atoms with E-state index in [2.05, 4.69) is 32.5 Å². The second-order valence-corrected chi connectivity index (χ2v) is 13.5. The van der Waals surface area contributed by atoms with Crippen molar-refractivity contribution in [3.8, 4) is 12.3 Å². The standard InChI is InChI=1S/C33H46N6O6S/c1-9-14-27(20-35-23(6)30(40)38-29(21(3)4)33(43)34-10-2)37-32(42)26-17-25(18-28(19-26)39(7)46(8,44)45)31(41)36-22(5)24-15-12-11-13-16-24/h1,11-13,15-19,21-23,27,29,35H,10,14,20H2,2-8H3,(H,34,43)(H,36,41)(H,37,42)(H,38,40)/t22-,23+,27+,29+/m1/s1. The zero-order valence-electron chi connectivity index (χ0n) is 27.5. The molecule has 0 spiro atoms. The summed E-state index contributed by atoms with van der Waals surface area (Å²) in [7, 11) is -2.39. The molecule has 0 aliphatic heterocycles. The molecule has 0 aliphatic rings. The van der Waals surface area contributed by atoms with Crippen LogP contribution in [0.5, 0.6) is 0 Å². The number of amides is 4. The van der Waals surface area contributed by atoms with E-state index in [4.69, 9.17) is 6.42 Å². The van der Waals surface area contributed by atoms with Crippen molar-refractivity contribution < 1.29 is 27.6 Å². The van der Waals surface area contributed by atoms with Crippen molar-refractivity contribution in [3.05, 3.63) is 65.2 Å². The van der Waals surface area contributed by atoms with Gasteiger partial charge in [0.05, 0.1) is 30.1 Å². The van der Waals surface area contributed by atoms with Crippen molar-refractivity contribution in [2.45, 2.75) is 65.2 Å². The molecule has 4 atom stereocenters. The lowest BCUT2D eigenvalue weighted by atomic mass is 10.0. The number of carbonyl (C=O) groups is 4. The average molecular weight is 655 g/mol. The largest absolute Gasteiger partial charge is 0.355 e. The molecular weight excluding hydrogens is 608 g/mol. The lowest BCUT2D eigenvalue weighted by Crippen LogP contribution is -2.55. The van der Waals surface area contributed by atoms with Crippen LogP contribution in [0.25, 0.3) is 0 Å². The Morgan fingerprint density at radius 3 is 2.00 bits per heavy atom. The minimum Gasteiger partial charge on any atom is -0.355 e. The van der Waals surface area contributed by atoms with E-state index in [1.54, 1.807) is 13.8 Å². The molecule has 0 heterocycles. The van der Waals surface area contributed by atoms with Crippen LogP contribution in [0.15, 0.2) is 48.5 Å². The maximum absolute atomic E-state index is 13.5. The first-order valence-corrected chi connectivity index (χ1v) is 16.9. The predicted molar refractivity (Wildman–Crippen MR) is 180 cm³/mol. The Morgan fingerprint density at radius 1 is 0.891 bits per heavy atom. The normalized spacial score (nSPS) is 13.8. The van der Waals surface area contributed by atoms with Crippen LogP contribution in [0.1, 0.15) is 73.4 Å². The summed E-state index contributed by atoms with van der Waals surface area (Å²) in [6.07, 6.45) is 6.69. The van der Waals surface area contributed by atoms with Crippen molar-refractivity contribution in [1.82, 2.24) is 26.6 Å². The highest BCUT2D eigenvalue weighted by Crippen LogP contribution is 2.22. The number of carbonyl (C=O) groups excluding carboxylic acids is 4. The summed E-state index contributed by atoms with van der Waals surface area (Å²) in [4.78, 5) is 52.0. The van der Waals surface area contributed by atoms with Gasteiger partial charge < -0.3 is 26.6 Å². The lowest BCUT2D eigenvalue weighted by molar-refractivity contribution is -0.130. The Morgan fingerprint density at radius 2 is 1.48 bits per heavy atom. The van der Waals surface area contributed by atoms with Crippen LogP contribution in [-0.4, -0.2) is 76.6 Å². The van der Waals surface area contributed by atoms with Gasteiger partial charge in [0.25, 0.3) is 11.8 Å². The molecule has 2 aromatic carbocycles. The van der Waals surface area contributed by atoms with Crippen molar-refractivity contribution in [1.29, 1.82) is 0 Å². The first-order chi connectivity index (χ1) is 21.6. The van der Waals surface area contributed by atoms with E-state index in [1.165, 1.54) is 25.2 Å². The first kappa shape index (κ1) is 37.8. The number of anilines is 1. The molecule has 0 unspecified atom stereocenters. The number of rotatable bonds is 16. The Balaban J connectivity index is 2.25. The van der Waals surface area contributed by atoms with Gasteiger partial charge in [0.15, 0.2) is 0 Å². The summed E-state index contributed by atoms with van der Waals surface area (Å²) >= 11 is 0. The highest BCUT2D eigenvalue weighted by Gasteiger charge is 2.26. The van der Waals surface area contributed by atoms with Crippen molar-refractivity contribution in [3.63, 3.8) is 0 Å². The lowest BCUT2D eigenvalue weighted by Gasteiger charge is -2.25. The van der Waals surface area contributed by atoms with Crippen LogP contribution in [-0.2, 0) is 19.6 Å². The molecule has 0 fully saturated rings. The van der Waals surface area contributed by atoms with E-state index in [0.717, 1.165) is 16.1 Å². The summed E-state index contributed by atoms with van der Waals surface area (Å²) in [5.41, 5.74) is 1.12. The van der Waals surface area contributed by atoms with Crippen LogP contribution >= 0.6 is 0 Å². The quantitative estimate of drug-likeness (QED) is 0.173. The van der Waals surface area contributed by atoms with Gasteiger partial charge in [-0.1, -0.05) is 44.2 Å². The number of nitrogens with one attached hydrogen (secondary N) is 5. The Kier molecular flexibility index (Phi) is 14.2. The zero-order valence-corrected chi connectivity index (χ0v) is 28.3. The van der Waals surface area contributed by atoms with E-state index in [0.29, 0.717) is 6.54 Å². The zero-order chi connectivity index (χ0) is 34.6. The van der Waals surface area contributed by atoms with Crippen LogP contribution in [0, 0.1) is 18.3 Å². The molecule has 0 aliphatic carbocycles. The van der Waals surface area contributed by atoms with Gasteiger partial charge in [0, 0.05) is 37.7 Å². The minimum absolute atomic E-state index is 0.0417. The topological polar surface area (TPSA) is 166 Å². The van der Waals surface area contributed by atoms with Crippen molar-refractivity contribution in [2.75, 3.05) is 30.7 Å². The van der Waals surface area contributed by atoms with Crippen LogP contribution in [0.2, 0.25) is 0 Å². The highest BCUT2D eigenvalue weighted by atomic mass is 32.2. The molecule has 12 nitrogen and oxygen atoms in total. The summed E-state index contributed by atoms with van der Waals surface area (Å²) in [6, 6.07) is 11.0. The molecule has 0 aromatic heterocycles. The minimum atomic E-state index is -3.72. The average Bonchev–Trinajstić information content (AvgIpc) is 3.01. The summed E-state index contributed by atoms with van der Waals surface area (Å²) in [5, 5.41) is 14.2. The van der Waals surface area contributed by atoms with Crippen molar-refractivity contribution in [2.24, 2.45) is 5.92 Å². The fourth-order valence-corrected chi connectivity index (χ4v) is 4.93. The summed E-state index contributed by atoms with van der Waals surface area (Å²) in [5.74, 6) is 0.611. The molecular formula is C33H46N6O6S. The van der Waals surface area contributed by atoms with Gasteiger partial charge in [-0.05, 0) is 50.5 Å². The Hall–Kier alpha value is -4.41. The molecule has 2 rings (SSSR count). The number of nitrogens with zero attached hydrogens (tertiary/aromatic N) is 1. The van der Waals surface area contributed by atoms with Gasteiger partial charge in [0.2, 0.25) is 21.8 Å².